The molecule has 11 nitrogen and oxygen atoms in total. The van der Waals surface area contributed by atoms with Crippen LogP contribution in [0.4, 0.5) is 17.1 Å². The molecule has 0 unspecified atom stereocenters. The zero-order valence-electron chi connectivity index (χ0n) is 18.6. The summed E-state index contributed by atoms with van der Waals surface area (Å²) in [5.41, 5.74) is 0.505. The first-order valence-electron chi connectivity index (χ1n) is 10.0. The van der Waals surface area contributed by atoms with E-state index in [4.69, 9.17) is 0 Å². The van der Waals surface area contributed by atoms with Gasteiger partial charge in [0.05, 0.1) is 30.3 Å². The third kappa shape index (κ3) is 6.05. The summed E-state index contributed by atoms with van der Waals surface area (Å²) in [7, 11) is 2.48. The molecule has 0 saturated heterocycles. The Labute approximate surface area is 198 Å². The number of nitrogens with one attached hydrogen (secondary N) is 2. The van der Waals surface area contributed by atoms with Gasteiger partial charge in [0.15, 0.2) is 0 Å². The lowest BCUT2D eigenvalue weighted by atomic mass is 10.1. The van der Waals surface area contributed by atoms with Crippen LogP contribution in [0.15, 0.2) is 66.7 Å². The van der Waals surface area contributed by atoms with Crippen LogP contribution in [-0.4, -0.2) is 42.9 Å². The molecule has 0 radical (unpaired) electrons. The van der Waals surface area contributed by atoms with Gasteiger partial charge in [0, 0.05) is 34.6 Å². The summed E-state index contributed by atoms with van der Waals surface area (Å²) in [5.74, 6) is -2.48. The van der Waals surface area contributed by atoms with Crippen LogP contribution in [0, 0.1) is 10.1 Å². The number of nitrogens with zero attached hydrogens (tertiary/aromatic N) is 1. The minimum absolute atomic E-state index is 0.123. The van der Waals surface area contributed by atoms with Crippen molar-refractivity contribution in [2.75, 3.05) is 24.9 Å². The number of anilines is 2. The van der Waals surface area contributed by atoms with Crippen molar-refractivity contribution < 1.29 is 33.6 Å². The van der Waals surface area contributed by atoms with Crippen molar-refractivity contribution in [1.29, 1.82) is 0 Å². The number of rotatable bonds is 7. The van der Waals surface area contributed by atoms with Crippen molar-refractivity contribution in [3.8, 4) is 0 Å². The number of hydrogen-bond donors (Lipinski definition) is 2. The highest BCUT2D eigenvalue weighted by Crippen LogP contribution is 2.21. The van der Waals surface area contributed by atoms with Gasteiger partial charge in [-0.05, 0) is 54.6 Å². The van der Waals surface area contributed by atoms with Crippen molar-refractivity contribution in [3.63, 3.8) is 0 Å². The zero-order chi connectivity index (χ0) is 25.5. The smallest absolute Gasteiger partial charge is 0.337 e. The first kappa shape index (κ1) is 24.6. The fourth-order valence-corrected chi connectivity index (χ4v) is 3.00. The number of nitro groups is 1. The summed E-state index contributed by atoms with van der Waals surface area (Å²) in [6, 6.07) is 14.9. The quantitative estimate of drug-likeness (QED) is 0.297. The molecule has 0 spiro atoms. The van der Waals surface area contributed by atoms with Gasteiger partial charge in [0.2, 0.25) is 0 Å². The number of amides is 2. The number of esters is 2. The van der Waals surface area contributed by atoms with E-state index in [9.17, 15) is 29.3 Å². The van der Waals surface area contributed by atoms with Gasteiger partial charge in [-0.1, -0.05) is 0 Å². The van der Waals surface area contributed by atoms with Gasteiger partial charge in [0.25, 0.3) is 17.5 Å². The van der Waals surface area contributed by atoms with Crippen molar-refractivity contribution >= 4 is 40.8 Å². The number of non-ortho nitro benzene ring substituents is 1. The summed E-state index contributed by atoms with van der Waals surface area (Å²) in [6.07, 6.45) is 0. The van der Waals surface area contributed by atoms with Crippen LogP contribution in [0.5, 0.6) is 0 Å². The van der Waals surface area contributed by atoms with Crippen molar-refractivity contribution in [3.05, 3.63) is 99.1 Å². The Bertz CT molecular complexity index is 1210. The molecule has 3 rings (SSSR count). The van der Waals surface area contributed by atoms with Gasteiger partial charge >= 0.3 is 11.9 Å². The van der Waals surface area contributed by atoms with Gasteiger partial charge in [-0.25, -0.2) is 9.59 Å². The molecule has 35 heavy (non-hydrogen) atoms. The Kier molecular flexibility index (Phi) is 7.52. The molecule has 0 saturated carbocycles. The molecule has 0 fully saturated rings. The van der Waals surface area contributed by atoms with Crippen molar-refractivity contribution in [1.82, 2.24) is 0 Å². The van der Waals surface area contributed by atoms with Crippen LogP contribution < -0.4 is 10.6 Å². The number of carbonyl (C=O) groups excluding carboxylic acids is 4. The largest absolute Gasteiger partial charge is 0.465 e. The fraction of sp³-hybridized carbons (Fsp3) is 0.0833. The Morgan fingerprint density at radius 2 is 1.03 bits per heavy atom. The SMILES string of the molecule is COC(=O)c1ccc(NC(=O)c2cc(C(=O)Nc3ccc(C(=O)OC)cc3)cc([N+](=O)[O-])c2)cc1. The maximum atomic E-state index is 12.7. The molecule has 3 aromatic carbocycles. The highest BCUT2D eigenvalue weighted by Gasteiger charge is 2.19. The van der Waals surface area contributed by atoms with Gasteiger partial charge in [-0.2, -0.15) is 0 Å². The number of methoxy groups -OCH3 is 2. The first-order chi connectivity index (χ1) is 16.7. The standard InChI is InChI=1S/C24H19N3O8/c1-34-23(30)14-3-7-18(8-4-14)25-21(28)16-11-17(13-20(12-16)27(32)33)22(29)26-19-9-5-15(6-10-19)24(31)35-2/h3-13H,1-2H3,(H,25,28)(H,26,29). The summed E-state index contributed by atoms with van der Waals surface area (Å²) < 4.78 is 9.23. The molecule has 2 amide bonds. The number of benzene rings is 3. The molecular formula is C24H19N3O8. The lowest BCUT2D eigenvalue weighted by Gasteiger charge is -2.09. The molecule has 3 aromatic rings. The van der Waals surface area contributed by atoms with Crippen molar-refractivity contribution in [2.24, 2.45) is 0 Å². The van der Waals surface area contributed by atoms with E-state index < -0.39 is 34.4 Å². The predicted molar refractivity (Wildman–Crippen MR) is 125 cm³/mol. The summed E-state index contributed by atoms with van der Waals surface area (Å²) in [5, 5.41) is 16.5. The highest BCUT2D eigenvalue weighted by atomic mass is 16.6. The molecule has 11 heteroatoms. The molecule has 0 aromatic heterocycles. The fourth-order valence-electron chi connectivity index (χ4n) is 3.00. The number of carbonyl (C=O) groups is 4. The van der Waals surface area contributed by atoms with Crippen LogP contribution in [0.3, 0.4) is 0 Å². The van der Waals surface area contributed by atoms with Gasteiger partial charge in [0.1, 0.15) is 0 Å². The van der Waals surface area contributed by atoms with E-state index >= 15 is 0 Å². The lowest BCUT2D eigenvalue weighted by Crippen LogP contribution is -2.16. The van der Waals surface area contributed by atoms with Crippen LogP contribution in [0.2, 0.25) is 0 Å². The van der Waals surface area contributed by atoms with E-state index in [1.165, 1.54) is 68.8 Å². The highest BCUT2D eigenvalue weighted by molar-refractivity contribution is 6.09. The molecule has 178 valence electrons. The van der Waals surface area contributed by atoms with Gasteiger partial charge in [-0.15, -0.1) is 0 Å². The zero-order valence-corrected chi connectivity index (χ0v) is 18.6. The Morgan fingerprint density at radius 1 is 0.657 bits per heavy atom. The lowest BCUT2D eigenvalue weighted by molar-refractivity contribution is -0.384. The van der Waals surface area contributed by atoms with Crippen LogP contribution in [0.25, 0.3) is 0 Å². The molecule has 0 heterocycles. The minimum Gasteiger partial charge on any atom is -0.465 e. The monoisotopic (exact) mass is 477 g/mol. The van der Waals surface area contributed by atoms with E-state index in [0.717, 1.165) is 12.1 Å². The number of nitro benzene ring substituents is 1. The second-order valence-corrected chi connectivity index (χ2v) is 7.07. The molecule has 0 aliphatic rings. The van der Waals surface area contributed by atoms with Crippen LogP contribution in [-0.2, 0) is 9.47 Å². The van der Waals surface area contributed by atoms with E-state index in [1.54, 1.807) is 0 Å². The average Bonchev–Trinajstić information content (AvgIpc) is 2.88. The Hall–Kier alpha value is -5.06. The third-order valence-corrected chi connectivity index (χ3v) is 4.78. The molecular weight excluding hydrogens is 458 g/mol. The summed E-state index contributed by atoms with van der Waals surface area (Å²) >= 11 is 0. The second-order valence-electron chi connectivity index (χ2n) is 7.07. The average molecular weight is 477 g/mol. The predicted octanol–water partition coefficient (Wildman–Crippen LogP) is 3.67. The van der Waals surface area contributed by atoms with E-state index in [0.29, 0.717) is 11.4 Å². The Balaban J connectivity index is 1.81. The molecule has 2 N–H and O–H groups in total. The molecule has 0 bridgehead atoms. The topological polar surface area (TPSA) is 154 Å². The third-order valence-electron chi connectivity index (χ3n) is 4.78. The molecule has 0 atom stereocenters. The van der Waals surface area contributed by atoms with Crippen LogP contribution >= 0.6 is 0 Å². The van der Waals surface area contributed by atoms with E-state index in [1.807, 2.05) is 0 Å². The number of ether oxygens (including phenoxy) is 2. The van der Waals surface area contributed by atoms with E-state index in [-0.39, 0.29) is 22.3 Å². The van der Waals surface area contributed by atoms with Crippen LogP contribution in [0.1, 0.15) is 41.4 Å². The Morgan fingerprint density at radius 3 is 1.34 bits per heavy atom. The number of hydrogen-bond acceptors (Lipinski definition) is 8. The normalized spacial score (nSPS) is 10.1. The minimum atomic E-state index is -0.718. The van der Waals surface area contributed by atoms with E-state index in [2.05, 4.69) is 20.1 Å². The molecule has 0 aliphatic heterocycles. The van der Waals surface area contributed by atoms with Gasteiger partial charge < -0.3 is 20.1 Å². The summed E-state index contributed by atoms with van der Waals surface area (Å²) in [4.78, 5) is 59.2. The maximum absolute atomic E-state index is 12.7. The van der Waals surface area contributed by atoms with Gasteiger partial charge in [-0.3, -0.25) is 19.7 Å². The second kappa shape index (κ2) is 10.7. The van der Waals surface area contributed by atoms with Crippen molar-refractivity contribution in [2.45, 2.75) is 0 Å². The summed E-state index contributed by atoms with van der Waals surface area (Å²) in [6.45, 7) is 0. The first-order valence-corrected chi connectivity index (χ1v) is 10.0. The molecule has 0 aliphatic carbocycles. The maximum Gasteiger partial charge on any atom is 0.337 e.